The molecule has 116 valence electrons. The summed E-state index contributed by atoms with van der Waals surface area (Å²) < 4.78 is 13.6. The van der Waals surface area contributed by atoms with Crippen LogP contribution in [0.15, 0.2) is 18.2 Å². The van der Waals surface area contributed by atoms with Gasteiger partial charge in [-0.05, 0) is 58.3 Å². The Morgan fingerprint density at radius 3 is 2.62 bits per heavy atom. The van der Waals surface area contributed by atoms with Gasteiger partial charge in [0.25, 0.3) is 0 Å². The first kappa shape index (κ1) is 17.6. The molecule has 3 nitrogen and oxygen atoms in total. The van der Waals surface area contributed by atoms with Crippen molar-refractivity contribution in [3.8, 4) is 11.8 Å². The van der Waals surface area contributed by atoms with Crippen LogP contribution in [0.1, 0.15) is 24.0 Å². The smallest absolute Gasteiger partial charge is 0.138 e. The maximum Gasteiger partial charge on any atom is 0.138 e. The SMILES string of the molecule is CN(C)CCCN(C)Cc1ccc(F)c(C#CCCO)c1. The highest BCUT2D eigenvalue weighted by molar-refractivity contribution is 5.38. The third-order valence-electron chi connectivity index (χ3n) is 3.09. The molecule has 1 N–H and O–H groups in total. The lowest BCUT2D eigenvalue weighted by Crippen LogP contribution is -2.23. The Morgan fingerprint density at radius 2 is 1.95 bits per heavy atom. The number of aliphatic hydroxyl groups excluding tert-OH is 1. The first-order chi connectivity index (χ1) is 10.0. The van der Waals surface area contributed by atoms with Crippen LogP contribution in [0.2, 0.25) is 0 Å². The van der Waals surface area contributed by atoms with E-state index >= 15 is 0 Å². The Balaban J connectivity index is 2.59. The van der Waals surface area contributed by atoms with Crippen LogP contribution in [-0.4, -0.2) is 55.7 Å². The zero-order valence-corrected chi connectivity index (χ0v) is 13.2. The Bertz CT molecular complexity index is 491. The highest BCUT2D eigenvalue weighted by Crippen LogP contribution is 2.11. The molecule has 0 radical (unpaired) electrons. The zero-order valence-electron chi connectivity index (χ0n) is 13.2. The summed E-state index contributed by atoms with van der Waals surface area (Å²) in [5.74, 6) is 5.23. The largest absolute Gasteiger partial charge is 0.395 e. The van der Waals surface area contributed by atoms with Crippen molar-refractivity contribution in [2.45, 2.75) is 19.4 Å². The van der Waals surface area contributed by atoms with Crippen molar-refractivity contribution >= 4 is 0 Å². The van der Waals surface area contributed by atoms with Crippen molar-refractivity contribution < 1.29 is 9.50 Å². The molecule has 0 saturated heterocycles. The predicted octanol–water partition coefficient (Wildman–Crippen LogP) is 1.94. The van der Waals surface area contributed by atoms with E-state index in [1.54, 1.807) is 12.1 Å². The lowest BCUT2D eigenvalue weighted by molar-refractivity contribution is 0.294. The quantitative estimate of drug-likeness (QED) is 0.778. The molecule has 0 heterocycles. The fourth-order valence-electron chi connectivity index (χ4n) is 2.03. The van der Waals surface area contributed by atoms with Gasteiger partial charge in [-0.2, -0.15) is 0 Å². The Hall–Kier alpha value is -1.41. The van der Waals surface area contributed by atoms with Crippen LogP contribution in [0, 0.1) is 17.7 Å². The van der Waals surface area contributed by atoms with Crippen molar-refractivity contribution in [1.82, 2.24) is 9.80 Å². The van der Waals surface area contributed by atoms with Gasteiger partial charge >= 0.3 is 0 Å². The maximum atomic E-state index is 13.6. The second-order valence-electron chi connectivity index (χ2n) is 5.48. The molecule has 1 aromatic carbocycles. The minimum absolute atomic E-state index is 0.00290. The Labute approximate surface area is 127 Å². The number of hydrogen-bond donors (Lipinski definition) is 1. The van der Waals surface area contributed by atoms with Crippen LogP contribution < -0.4 is 0 Å². The van der Waals surface area contributed by atoms with Gasteiger partial charge in [0.2, 0.25) is 0 Å². The van der Waals surface area contributed by atoms with Crippen molar-refractivity contribution in [1.29, 1.82) is 0 Å². The molecule has 0 aliphatic rings. The summed E-state index contributed by atoms with van der Waals surface area (Å²) in [6.45, 7) is 2.85. The van der Waals surface area contributed by atoms with Crippen molar-refractivity contribution in [2.24, 2.45) is 0 Å². The van der Waals surface area contributed by atoms with E-state index in [0.717, 1.165) is 31.6 Å². The van der Waals surface area contributed by atoms with Crippen molar-refractivity contribution in [3.63, 3.8) is 0 Å². The fourth-order valence-corrected chi connectivity index (χ4v) is 2.03. The molecule has 1 aromatic rings. The molecule has 0 aliphatic carbocycles. The molecule has 0 spiro atoms. The van der Waals surface area contributed by atoms with E-state index in [1.165, 1.54) is 6.07 Å². The summed E-state index contributed by atoms with van der Waals surface area (Å²) in [6.07, 6.45) is 1.47. The second kappa shape index (κ2) is 9.51. The standard InChI is InChI=1S/C17H25FN2O/c1-19(2)10-6-11-20(3)14-15-8-9-17(18)16(13-15)7-4-5-12-21/h8-9,13,21H,5-6,10-12,14H2,1-3H3. The molecule has 0 amide bonds. The van der Waals surface area contributed by atoms with Crippen LogP contribution in [0.3, 0.4) is 0 Å². The summed E-state index contributed by atoms with van der Waals surface area (Å²) >= 11 is 0. The maximum absolute atomic E-state index is 13.6. The fraction of sp³-hybridized carbons (Fsp3) is 0.529. The van der Waals surface area contributed by atoms with Gasteiger partial charge in [-0.25, -0.2) is 4.39 Å². The van der Waals surface area contributed by atoms with Gasteiger partial charge in [-0.15, -0.1) is 0 Å². The lowest BCUT2D eigenvalue weighted by Gasteiger charge is -2.18. The summed E-state index contributed by atoms with van der Waals surface area (Å²) in [6, 6.07) is 5.06. The predicted molar refractivity (Wildman–Crippen MR) is 84.5 cm³/mol. The summed E-state index contributed by atoms with van der Waals surface area (Å²) in [5, 5.41) is 8.70. The van der Waals surface area contributed by atoms with Crippen molar-refractivity contribution in [2.75, 3.05) is 40.8 Å². The van der Waals surface area contributed by atoms with Crippen LogP contribution in [0.4, 0.5) is 4.39 Å². The molecule has 0 atom stereocenters. The second-order valence-corrected chi connectivity index (χ2v) is 5.48. The van der Waals surface area contributed by atoms with Gasteiger partial charge < -0.3 is 14.9 Å². The van der Waals surface area contributed by atoms with E-state index in [0.29, 0.717) is 12.0 Å². The molecule has 0 aromatic heterocycles. The van der Waals surface area contributed by atoms with E-state index in [9.17, 15) is 4.39 Å². The van der Waals surface area contributed by atoms with Crippen LogP contribution in [0.5, 0.6) is 0 Å². The van der Waals surface area contributed by atoms with Crippen LogP contribution >= 0.6 is 0 Å². The molecule has 0 unspecified atom stereocenters. The van der Waals surface area contributed by atoms with E-state index < -0.39 is 0 Å². The van der Waals surface area contributed by atoms with Crippen LogP contribution in [0.25, 0.3) is 0 Å². The lowest BCUT2D eigenvalue weighted by atomic mass is 10.1. The van der Waals surface area contributed by atoms with Gasteiger partial charge in [-0.3, -0.25) is 0 Å². The Morgan fingerprint density at radius 1 is 1.19 bits per heavy atom. The van der Waals surface area contributed by atoms with Gasteiger partial charge in [0.1, 0.15) is 5.82 Å². The molecule has 0 fully saturated rings. The number of halogens is 1. The number of rotatable bonds is 7. The highest BCUT2D eigenvalue weighted by Gasteiger charge is 2.04. The van der Waals surface area contributed by atoms with Gasteiger partial charge in [0, 0.05) is 13.0 Å². The van der Waals surface area contributed by atoms with E-state index in [2.05, 4.69) is 42.8 Å². The number of aliphatic hydroxyl groups is 1. The normalized spacial score (nSPS) is 10.8. The average molecular weight is 292 g/mol. The summed E-state index contributed by atoms with van der Waals surface area (Å²) in [5.41, 5.74) is 1.46. The molecule has 21 heavy (non-hydrogen) atoms. The third-order valence-corrected chi connectivity index (χ3v) is 3.09. The third kappa shape index (κ3) is 7.24. The first-order valence-electron chi connectivity index (χ1n) is 7.24. The molecular formula is C17H25FN2O. The molecular weight excluding hydrogens is 267 g/mol. The zero-order chi connectivity index (χ0) is 15.7. The number of benzene rings is 1. The van der Waals surface area contributed by atoms with Gasteiger partial charge in [0.15, 0.2) is 0 Å². The van der Waals surface area contributed by atoms with E-state index in [1.807, 2.05) is 0 Å². The van der Waals surface area contributed by atoms with Crippen LogP contribution in [-0.2, 0) is 6.54 Å². The Kier molecular flexibility index (Phi) is 7.99. The molecule has 0 saturated carbocycles. The average Bonchev–Trinajstić information content (AvgIpc) is 2.42. The first-order valence-corrected chi connectivity index (χ1v) is 7.24. The minimum atomic E-state index is -0.306. The van der Waals surface area contributed by atoms with Crippen molar-refractivity contribution in [3.05, 3.63) is 35.1 Å². The topological polar surface area (TPSA) is 26.7 Å². The van der Waals surface area contributed by atoms with Gasteiger partial charge in [-0.1, -0.05) is 17.9 Å². The number of hydrogen-bond acceptors (Lipinski definition) is 3. The monoisotopic (exact) mass is 292 g/mol. The molecule has 0 bridgehead atoms. The molecule has 1 rings (SSSR count). The highest BCUT2D eigenvalue weighted by atomic mass is 19.1. The summed E-state index contributed by atoms with van der Waals surface area (Å²) in [7, 11) is 6.20. The number of nitrogens with zero attached hydrogens (tertiary/aromatic N) is 2. The summed E-state index contributed by atoms with van der Waals surface area (Å²) in [4.78, 5) is 4.39. The molecule has 0 aliphatic heterocycles. The van der Waals surface area contributed by atoms with Gasteiger partial charge in [0.05, 0.1) is 12.2 Å². The minimum Gasteiger partial charge on any atom is -0.395 e. The van der Waals surface area contributed by atoms with E-state index in [-0.39, 0.29) is 12.4 Å². The molecule has 4 heteroatoms. The van der Waals surface area contributed by atoms with E-state index in [4.69, 9.17) is 5.11 Å².